The molecule has 0 heterocycles. The van der Waals surface area contributed by atoms with Gasteiger partial charge in [-0.25, -0.2) is 0 Å². The Labute approximate surface area is 188 Å². The van der Waals surface area contributed by atoms with E-state index in [1.807, 2.05) is 0 Å². The highest BCUT2D eigenvalue weighted by atomic mass is 14.0. The molecule has 0 fully saturated rings. The molecule has 0 saturated carbocycles. The van der Waals surface area contributed by atoms with Crippen molar-refractivity contribution in [3.8, 4) is 0 Å². The second-order valence-corrected chi connectivity index (χ2v) is 8.30. The van der Waals surface area contributed by atoms with Gasteiger partial charge in [0.1, 0.15) is 0 Å². The third-order valence-electron chi connectivity index (χ3n) is 5.56. The average molecular weight is 407 g/mol. The summed E-state index contributed by atoms with van der Waals surface area (Å²) < 4.78 is 0. The van der Waals surface area contributed by atoms with Gasteiger partial charge in [-0.15, -0.1) is 0 Å². The zero-order chi connectivity index (χ0) is 21.7. The summed E-state index contributed by atoms with van der Waals surface area (Å²) in [5.41, 5.74) is 8.39. The van der Waals surface area contributed by atoms with Gasteiger partial charge in [0, 0.05) is 0 Å². The van der Waals surface area contributed by atoms with Crippen molar-refractivity contribution in [3.63, 3.8) is 0 Å². The Kier molecular flexibility index (Phi) is 9.13. The van der Waals surface area contributed by atoms with Crippen molar-refractivity contribution in [1.29, 1.82) is 0 Å². The van der Waals surface area contributed by atoms with E-state index in [-0.39, 0.29) is 0 Å². The first kappa shape index (κ1) is 22.6. The maximum absolute atomic E-state index is 2.24. The van der Waals surface area contributed by atoms with E-state index in [4.69, 9.17) is 0 Å². The largest absolute Gasteiger partial charge is 0.0622 e. The Morgan fingerprint density at radius 2 is 0.677 bits per heavy atom. The molecule has 0 aromatic heterocycles. The molecule has 0 aliphatic heterocycles. The summed E-state index contributed by atoms with van der Waals surface area (Å²) in [6, 6.07) is 39.0. The van der Waals surface area contributed by atoms with Crippen LogP contribution in [0.1, 0.15) is 39.8 Å². The predicted octanol–water partition coefficient (Wildman–Crippen LogP) is 7.95. The molecule has 0 atom stereocenters. The molecule has 0 aliphatic carbocycles. The van der Waals surface area contributed by atoms with Crippen LogP contribution in [0.5, 0.6) is 0 Å². The van der Waals surface area contributed by atoms with Crippen LogP contribution in [0.25, 0.3) is 0 Å². The van der Waals surface area contributed by atoms with Crippen molar-refractivity contribution in [3.05, 3.63) is 143 Å². The third kappa shape index (κ3) is 8.64. The monoisotopic (exact) mass is 406 g/mol. The highest BCUT2D eigenvalue weighted by Crippen LogP contribution is 2.10. The molecule has 0 saturated heterocycles. The van der Waals surface area contributed by atoms with Gasteiger partial charge in [-0.1, -0.05) is 120 Å². The van der Waals surface area contributed by atoms with Crippen molar-refractivity contribution >= 4 is 0 Å². The lowest BCUT2D eigenvalue weighted by atomic mass is 10.0. The summed E-state index contributed by atoms with van der Waals surface area (Å²) in [6.45, 7) is 4.26. The molecule has 4 aromatic rings. The first-order chi connectivity index (χ1) is 15.2. The minimum atomic E-state index is 1.13. The van der Waals surface area contributed by atoms with E-state index in [1.54, 1.807) is 0 Å². The van der Waals surface area contributed by atoms with Crippen LogP contribution in [0.2, 0.25) is 0 Å². The van der Waals surface area contributed by atoms with Crippen molar-refractivity contribution in [1.82, 2.24) is 0 Å². The third-order valence-corrected chi connectivity index (χ3v) is 5.56. The summed E-state index contributed by atoms with van der Waals surface area (Å²) in [5, 5.41) is 0. The molecule has 31 heavy (non-hydrogen) atoms. The van der Waals surface area contributed by atoms with Gasteiger partial charge < -0.3 is 0 Å². The Balaban J connectivity index is 0.000000176. The maximum atomic E-state index is 2.24. The first-order valence-corrected chi connectivity index (χ1v) is 11.4. The number of benzene rings is 4. The molecule has 0 nitrogen and oxygen atoms in total. The van der Waals surface area contributed by atoms with Gasteiger partial charge in [0.05, 0.1) is 0 Å². The number of hydrogen-bond donors (Lipinski definition) is 0. The Morgan fingerprint density at radius 1 is 0.355 bits per heavy atom. The molecule has 0 spiro atoms. The van der Waals surface area contributed by atoms with E-state index in [0.717, 1.165) is 12.8 Å². The van der Waals surface area contributed by atoms with Crippen LogP contribution in [0.4, 0.5) is 0 Å². The van der Waals surface area contributed by atoms with Crippen molar-refractivity contribution in [2.24, 2.45) is 0 Å². The van der Waals surface area contributed by atoms with E-state index < -0.39 is 0 Å². The Morgan fingerprint density at radius 3 is 1.10 bits per heavy atom. The van der Waals surface area contributed by atoms with Gasteiger partial charge in [-0.05, 0) is 68.2 Å². The average Bonchev–Trinajstić information content (AvgIpc) is 2.82. The molecule has 0 aliphatic rings. The minimum Gasteiger partial charge on any atom is -0.0622 e. The molecule has 158 valence electrons. The second-order valence-electron chi connectivity index (χ2n) is 8.30. The van der Waals surface area contributed by atoms with Crippen LogP contribution < -0.4 is 0 Å². The van der Waals surface area contributed by atoms with Crippen molar-refractivity contribution in [2.75, 3.05) is 0 Å². The fourth-order valence-electron chi connectivity index (χ4n) is 3.58. The second kappa shape index (κ2) is 12.5. The highest BCUT2D eigenvalue weighted by Gasteiger charge is 1.96. The predicted molar refractivity (Wildman–Crippen MR) is 135 cm³/mol. The van der Waals surface area contributed by atoms with Crippen LogP contribution in [-0.4, -0.2) is 0 Å². The smallest absolute Gasteiger partial charge is 0.0238 e. The lowest BCUT2D eigenvalue weighted by Gasteiger charge is -2.02. The molecule has 0 amide bonds. The van der Waals surface area contributed by atoms with Crippen molar-refractivity contribution in [2.45, 2.75) is 46.0 Å². The SMILES string of the molecule is Cc1ccc(CCCc2ccccc2)cc1.Cc1ccc(CCc2ccccc2)cc1. The Bertz CT molecular complexity index is 981. The molecule has 0 radical (unpaired) electrons. The van der Waals surface area contributed by atoms with E-state index >= 15 is 0 Å². The van der Waals surface area contributed by atoms with Gasteiger partial charge in [0.25, 0.3) is 0 Å². The normalized spacial score (nSPS) is 10.3. The molecular formula is C31H34. The molecule has 4 rings (SSSR count). The molecule has 0 heteroatoms. The summed E-state index contributed by atoms with van der Waals surface area (Å²) >= 11 is 0. The van der Waals surface area contributed by atoms with Crippen molar-refractivity contribution < 1.29 is 0 Å². The first-order valence-electron chi connectivity index (χ1n) is 11.4. The van der Waals surface area contributed by atoms with Crippen LogP contribution in [0, 0.1) is 13.8 Å². The lowest BCUT2D eigenvalue weighted by Crippen LogP contribution is -1.90. The number of aryl methyl sites for hydroxylation is 6. The zero-order valence-corrected chi connectivity index (χ0v) is 18.9. The quantitative estimate of drug-likeness (QED) is 0.292. The lowest BCUT2D eigenvalue weighted by molar-refractivity contribution is 0.820. The standard InChI is InChI=1S/C16H18.C15H16/c1-14-10-12-16(13-11-14)9-5-8-15-6-3-2-4-7-15;1-13-7-9-15(10-8-13)12-11-14-5-3-2-4-6-14/h2-4,6-7,10-13H,5,8-9H2,1H3;2-10H,11-12H2,1H3. The number of rotatable bonds is 7. The fourth-order valence-corrected chi connectivity index (χ4v) is 3.58. The Hall–Kier alpha value is -3.12. The topological polar surface area (TPSA) is 0 Å². The maximum Gasteiger partial charge on any atom is -0.0238 e. The fraction of sp³-hybridized carbons (Fsp3) is 0.226. The minimum absolute atomic E-state index is 1.13. The van der Waals surface area contributed by atoms with Crippen LogP contribution in [0.3, 0.4) is 0 Å². The zero-order valence-electron chi connectivity index (χ0n) is 18.9. The highest BCUT2D eigenvalue weighted by molar-refractivity contribution is 5.24. The van der Waals surface area contributed by atoms with E-state index in [9.17, 15) is 0 Å². The molecule has 4 aromatic carbocycles. The van der Waals surface area contributed by atoms with E-state index in [2.05, 4.69) is 123 Å². The summed E-state index contributed by atoms with van der Waals surface area (Å²) in [4.78, 5) is 0. The summed E-state index contributed by atoms with van der Waals surface area (Å²) in [6.07, 6.45) is 5.84. The van der Waals surface area contributed by atoms with Gasteiger partial charge in [-0.3, -0.25) is 0 Å². The molecule has 0 unspecified atom stereocenters. The van der Waals surface area contributed by atoms with E-state index in [1.165, 1.54) is 52.6 Å². The summed E-state index contributed by atoms with van der Waals surface area (Å²) in [7, 11) is 0. The molecular weight excluding hydrogens is 372 g/mol. The van der Waals surface area contributed by atoms with Crippen LogP contribution >= 0.6 is 0 Å². The summed E-state index contributed by atoms with van der Waals surface area (Å²) in [5.74, 6) is 0. The van der Waals surface area contributed by atoms with Gasteiger partial charge >= 0.3 is 0 Å². The van der Waals surface area contributed by atoms with Crippen LogP contribution in [-0.2, 0) is 25.7 Å². The van der Waals surface area contributed by atoms with E-state index in [0.29, 0.717) is 0 Å². The van der Waals surface area contributed by atoms with Gasteiger partial charge in [0.15, 0.2) is 0 Å². The number of hydrogen-bond acceptors (Lipinski definition) is 0. The molecule has 0 N–H and O–H groups in total. The van der Waals surface area contributed by atoms with Gasteiger partial charge in [-0.2, -0.15) is 0 Å². The molecule has 0 bridgehead atoms. The van der Waals surface area contributed by atoms with Gasteiger partial charge in [0.2, 0.25) is 0 Å². The van der Waals surface area contributed by atoms with Crippen LogP contribution in [0.15, 0.2) is 109 Å².